The van der Waals surface area contributed by atoms with Crippen molar-refractivity contribution in [1.82, 2.24) is 10.4 Å². The summed E-state index contributed by atoms with van der Waals surface area (Å²) in [5.74, 6) is 6.34. The minimum atomic E-state index is 0.744. The predicted molar refractivity (Wildman–Crippen MR) is 71.5 cm³/mol. The highest BCUT2D eigenvalue weighted by molar-refractivity contribution is 5.35. The summed E-state index contributed by atoms with van der Waals surface area (Å²) < 4.78 is 0. The van der Waals surface area contributed by atoms with Gasteiger partial charge in [0.15, 0.2) is 0 Å². The molecule has 0 aliphatic carbocycles. The van der Waals surface area contributed by atoms with Crippen molar-refractivity contribution < 1.29 is 0 Å². The topological polar surface area (TPSA) is 15.3 Å². The lowest BCUT2D eigenvalue weighted by atomic mass is 10.1. The standard InChI is InChI=1S/C15H20N2/c1-14-7-9-15(10-8-14)6-5-11-16-17-12-3-2-4-13-17/h7-10,16H,2-4,11-13H2,1H3. The zero-order valence-corrected chi connectivity index (χ0v) is 10.5. The molecular formula is C15H20N2. The van der Waals surface area contributed by atoms with Crippen LogP contribution in [0.4, 0.5) is 0 Å². The lowest BCUT2D eigenvalue weighted by molar-refractivity contribution is 0.164. The fraction of sp³-hybridized carbons (Fsp3) is 0.467. The summed E-state index contributed by atoms with van der Waals surface area (Å²) in [6.07, 6.45) is 3.98. The molecule has 1 aliphatic heterocycles. The largest absolute Gasteiger partial charge is 0.244 e. The summed E-state index contributed by atoms with van der Waals surface area (Å²) in [5, 5.41) is 2.29. The van der Waals surface area contributed by atoms with E-state index < -0.39 is 0 Å². The number of hydrogen-bond acceptors (Lipinski definition) is 2. The van der Waals surface area contributed by atoms with Gasteiger partial charge in [0, 0.05) is 18.7 Å². The van der Waals surface area contributed by atoms with Gasteiger partial charge >= 0.3 is 0 Å². The van der Waals surface area contributed by atoms with Crippen LogP contribution < -0.4 is 5.43 Å². The molecule has 1 heterocycles. The van der Waals surface area contributed by atoms with Crippen molar-refractivity contribution in [2.45, 2.75) is 26.2 Å². The third kappa shape index (κ3) is 4.22. The second kappa shape index (κ2) is 6.44. The van der Waals surface area contributed by atoms with E-state index in [1.807, 2.05) is 0 Å². The summed E-state index contributed by atoms with van der Waals surface area (Å²) in [4.78, 5) is 0. The normalized spacial score (nSPS) is 16.3. The second-order valence-corrected chi connectivity index (χ2v) is 4.55. The van der Waals surface area contributed by atoms with Crippen molar-refractivity contribution in [2.75, 3.05) is 19.6 Å². The third-order valence-electron chi connectivity index (χ3n) is 3.03. The van der Waals surface area contributed by atoms with Crippen LogP contribution in [-0.4, -0.2) is 24.6 Å². The molecule has 0 atom stereocenters. The minimum Gasteiger partial charge on any atom is -0.244 e. The van der Waals surface area contributed by atoms with Crippen LogP contribution in [-0.2, 0) is 0 Å². The van der Waals surface area contributed by atoms with Gasteiger partial charge in [-0.1, -0.05) is 36.0 Å². The first-order valence-electron chi connectivity index (χ1n) is 6.38. The first kappa shape index (κ1) is 12.2. The number of benzene rings is 1. The van der Waals surface area contributed by atoms with Crippen molar-refractivity contribution in [2.24, 2.45) is 0 Å². The molecule has 0 amide bonds. The Morgan fingerprint density at radius 1 is 1.12 bits per heavy atom. The average molecular weight is 228 g/mol. The molecule has 2 heteroatoms. The Labute approximate surface area is 104 Å². The molecule has 1 fully saturated rings. The molecule has 17 heavy (non-hydrogen) atoms. The predicted octanol–water partition coefficient (Wildman–Crippen LogP) is 2.34. The van der Waals surface area contributed by atoms with Crippen LogP contribution in [0.1, 0.15) is 30.4 Å². The van der Waals surface area contributed by atoms with Crippen LogP contribution in [0.5, 0.6) is 0 Å². The van der Waals surface area contributed by atoms with E-state index in [0.29, 0.717) is 0 Å². The molecular weight excluding hydrogens is 208 g/mol. The number of rotatable bonds is 2. The van der Waals surface area contributed by atoms with Gasteiger partial charge in [-0.25, -0.2) is 10.4 Å². The number of aryl methyl sites for hydroxylation is 1. The first-order valence-corrected chi connectivity index (χ1v) is 6.38. The fourth-order valence-corrected chi connectivity index (χ4v) is 1.99. The smallest absolute Gasteiger partial charge is 0.0718 e. The molecule has 1 aromatic rings. The van der Waals surface area contributed by atoms with Gasteiger partial charge in [-0.05, 0) is 31.9 Å². The number of piperidine rings is 1. The maximum atomic E-state index is 3.36. The van der Waals surface area contributed by atoms with E-state index >= 15 is 0 Å². The molecule has 1 aliphatic rings. The summed E-state index contributed by atoms with van der Waals surface area (Å²) in [6.45, 7) is 5.15. The van der Waals surface area contributed by atoms with E-state index in [1.165, 1.54) is 24.8 Å². The van der Waals surface area contributed by atoms with Crippen molar-refractivity contribution in [1.29, 1.82) is 0 Å². The van der Waals surface area contributed by atoms with Gasteiger partial charge in [0.05, 0.1) is 6.54 Å². The highest BCUT2D eigenvalue weighted by atomic mass is 15.5. The summed E-state index contributed by atoms with van der Waals surface area (Å²) in [7, 11) is 0. The summed E-state index contributed by atoms with van der Waals surface area (Å²) in [5.41, 5.74) is 5.74. The van der Waals surface area contributed by atoms with Crippen LogP contribution in [0, 0.1) is 18.8 Å². The van der Waals surface area contributed by atoms with E-state index in [-0.39, 0.29) is 0 Å². The number of nitrogens with zero attached hydrogens (tertiary/aromatic N) is 1. The molecule has 0 unspecified atom stereocenters. The molecule has 1 N–H and O–H groups in total. The molecule has 2 rings (SSSR count). The summed E-state index contributed by atoms with van der Waals surface area (Å²) in [6, 6.07) is 8.34. The lowest BCUT2D eigenvalue weighted by Crippen LogP contribution is -2.41. The Balaban J connectivity index is 1.76. The van der Waals surface area contributed by atoms with Crippen molar-refractivity contribution in [3.63, 3.8) is 0 Å². The number of nitrogens with one attached hydrogen (secondary N) is 1. The van der Waals surface area contributed by atoms with Crippen molar-refractivity contribution >= 4 is 0 Å². The Bertz CT molecular complexity index is 391. The maximum Gasteiger partial charge on any atom is 0.0718 e. The summed E-state index contributed by atoms with van der Waals surface area (Å²) >= 11 is 0. The van der Waals surface area contributed by atoms with Gasteiger partial charge in [0.1, 0.15) is 0 Å². The lowest BCUT2D eigenvalue weighted by Gasteiger charge is -2.25. The van der Waals surface area contributed by atoms with Gasteiger partial charge in [0.25, 0.3) is 0 Å². The Kier molecular flexibility index (Phi) is 4.61. The Morgan fingerprint density at radius 2 is 1.82 bits per heavy atom. The van der Waals surface area contributed by atoms with Crippen LogP contribution in [0.15, 0.2) is 24.3 Å². The van der Waals surface area contributed by atoms with Crippen molar-refractivity contribution in [3.8, 4) is 11.8 Å². The molecule has 1 aromatic carbocycles. The number of hydrazine groups is 1. The zero-order chi connectivity index (χ0) is 11.9. The Morgan fingerprint density at radius 3 is 2.53 bits per heavy atom. The third-order valence-corrected chi connectivity index (χ3v) is 3.03. The minimum absolute atomic E-state index is 0.744. The molecule has 2 nitrogen and oxygen atoms in total. The molecule has 0 spiro atoms. The zero-order valence-electron chi connectivity index (χ0n) is 10.5. The van der Waals surface area contributed by atoms with Crippen molar-refractivity contribution in [3.05, 3.63) is 35.4 Å². The quantitative estimate of drug-likeness (QED) is 0.782. The van der Waals surface area contributed by atoms with Gasteiger partial charge in [0.2, 0.25) is 0 Å². The first-order chi connectivity index (χ1) is 8.34. The van der Waals surface area contributed by atoms with E-state index in [0.717, 1.165) is 25.2 Å². The van der Waals surface area contributed by atoms with Crippen LogP contribution in [0.3, 0.4) is 0 Å². The SMILES string of the molecule is Cc1ccc(C#CCNN2CCCCC2)cc1. The van der Waals surface area contributed by atoms with Gasteiger partial charge in [-0.2, -0.15) is 0 Å². The highest BCUT2D eigenvalue weighted by Gasteiger charge is 2.07. The van der Waals surface area contributed by atoms with E-state index in [2.05, 4.69) is 53.5 Å². The molecule has 0 radical (unpaired) electrons. The molecule has 0 aromatic heterocycles. The fourth-order valence-electron chi connectivity index (χ4n) is 1.99. The second-order valence-electron chi connectivity index (χ2n) is 4.55. The van der Waals surface area contributed by atoms with E-state index in [1.54, 1.807) is 0 Å². The van der Waals surface area contributed by atoms with E-state index in [9.17, 15) is 0 Å². The molecule has 90 valence electrons. The molecule has 0 bridgehead atoms. The van der Waals surface area contributed by atoms with Gasteiger partial charge in [-0.3, -0.25) is 0 Å². The highest BCUT2D eigenvalue weighted by Crippen LogP contribution is 2.05. The average Bonchev–Trinajstić information content (AvgIpc) is 2.38. The monoisotopic (exact) mass is 228 g/mol. The Hall–Kier alpha value is -1.30. The van der Waals surface area contributed by atoms with Gasteiger partial charge < -0.3 is 0 Å². The number of hydrogen-bond donors (Lipinski definition) is 1. The van der Waals surface area contributed by atoms with Gasteiger partial charge in [-0.15, -0.1) is 0 Å². The van der Waals surface area contributed by atoms with Crippen LogP contribution >= 0.6 is 0 Å². The maximum absolute atomic E-state index is 3.36. The molecule has 0 saturated carbocycles. The molecule has 1 saturated heterocycles. The van der Waals surface area contributed by atoms with Crippen LogP contribution in [0.2, 0.25) is 0 Å². The van der Waals surface area contributed by atoms with E-state index in [4.69, 9.17) is 0 Å². The van der Waals surface area contributed by atoms with Crippen LogP contribution in [0.25, 0.3) is 0 Å².